The van der Waals surface area contributed by atoms with Gasteiger partial charge in [-0.2, -0.15) is 0 Å². The van der Waals surface area contributed by atoms with Gasteiger partial charge in [0.1, 0.15) is 0 Å². The van der Waals surface area contributed by atoms with Crippen molar-refractivity contribution in [3.8, 4) is 0 Å². The second kappa shape index (κ2) is 6.78. The molecule has 1 heterocycles. The third-order valence-corrected chi connectivity index (χ3v) is 3.75. The zero-order valence-electron chi connectivity index (χ0n) is 11.2. The molecule has 0 aromatic carbocycles. The van der Waals surface area contributed by atoms with Gasteiger partial charge in [-0.05, 0) is 45.4 Å². The molecular formula is C14H24N2O2. The van der Waals surface area contributed by atoms with Crippen LogP contribution in [-0.4, -0.2) is 31.3 Å². The highest BCUT2D eigenvalue weighted by Gasteiger charge is 2.23. The Morgan fingerprint density at radius 1 is 1.56 bits per heavy atom. The summed E-state index contributed by atoms with van der Waals surface area (Å²) in [6.07, 6.45) is 9.32. The van der Waals surface area contributed by atoms with Gasteiger partial charge in [-0.1, -0.05) is 11.6 Å². The van der Waals surface area contributed by atoms with Gasteiger partial charge >= 0.3 is 6.03 Å². The molecule has 2 rings (SSSR count). The first kappa shape index (κ1) is 13.4. The van der Waals surface area contributed by atoms with E-state index in [1.54, 1.807) is 0 Å². The lowest BCUT2D eigenvalue weighted by atomic mass is 10.1. The standard InChI is InChI=1S/C14H24N2O2/c1-11(13-7-4-10-18-13)16-14(17)15-9-8-12-5-2-3-6-12/h5,11,13H,2-4,6-10H2,1H3,(H2,15,16,17). The van der Waals surface area contributed by atoms with Crippen molar-refractivity contribution in [1.29, 1.82) is 0 Å². The summed E-state index contributed by atoms with van der Waals surface area (Å²) in [6.45, 7) is 3.57. The molecule has 1 aliphatic carbocycles. The summed E-state index contributed by atoms with van der Waals surface area (Å²) < 4.78 is 5.55. The Morgan fingerprint density at radius 3 is 3.11 bits per heavy atom. The fourth-order valence-electron chi connectivity index (χ4n) is 2.65. The van der Waals surface area contributed by atoms with Crippen LogP contribution in [0, 0.1) is 0 Å². The molecule has 102 valence electrons. The summed E-state index contributed by atoms with van der Waals surface area (Å²) in [6, 6.07) is 0.0230. The predicted molar refractivity (Wildman–Crippen MR) is 71.5 cm³/mol. The first-order chi connectivity index (χ1) is 8.75. The zero-order chi connectivity index (χ0) is 12.8. The van der Waals surface area contributed by atoms with Crippen LogP contribution < -0.4 is 10.6 Å². The van der Waals surface area contributed by atoms with E-state index in [0.29, 0.717) is 0 Å². The Hall–Kier alpha value is -1.03. The summed E-state index contributed by atoms with van der Waals surface area (Å²) in [7, 11) is 0. The Balaban J connectivity index is 1.59. The summed E-state index contributed by atoms with van der Waals surface area (Å²) in [5.74, 6) is 0. The summed E-state index contributed by atoms with van der Waals surface area (Å²) in [5, 5.41) is 5.87. The van der Waals surface area contributed by atoms with Crippen LogP contribution in [-0.2, 0) is 4.74 Å². The van der Waals surface area contributed by atoms with Crippen molar-refractivity contribution < 1.29 is 9.53 Å². The number of hydrogen-bond donors (Lipinski definition) is 2. The van der Waals surface area contributed by atoms with Crippen LogP contribution in [0.5, 0.6) is 0 Å². The first-order valence-electron chi connectivity index (χ1n) is 7.09. The van der Waals surface area contributed by atoms with Crippen molar-refractivity contribution >= 4 is 6.03 Å². The van der Waals surface area contributed by atoms with E-state index in [1.807, 2.05) is 6.92 Å². The highest BCUT2D eigenvalue weighted by Crippen LogP contribution is 2.19. The van der Waals surface area contributed by atoms with E-state index in [9.17, 15) is 4.79 Å². The maximum absolute atomic E-state index is 11.7. The third kappa shape index (κ3) is 4.02. The van der Waals surface area contributed by atoms with E-state index in [0.717, 1.165) is 32.4 Å². The van der Waals surface area contributed by atoms with Gasteiger partial charge in [0.15, 0.2) is 0 Å². The number of allylic oxidation sites excluding steroid dienone is 1. The van der Waals surface area contributed by atoms with E-state index in [4.69, 9.17) is 4.74 Å². The van der Waals surface area contributed by atoms with Gasteiger partial charge in [-0.3, -0.25) is 0 Å². The highest BCUT2D eigenvalue weighted by atomic mass is 16.5. The molecule has 18 heavy (non-hydrogen) atoms. The third-order valence-electron chi connectivity index (χ3n) is 3.75. The van der Waals surface area contributed by atoms with Crippen molar-refractivity contribution in [1.82, 2.24) is 10.6 Å². The summed E-state index contributed by atoms with van der Waals surface area (Å²) in [4.78, 5) is 11.7. The molecule has 1 saturated heterocycles. The Labute approximate surface area is 109 Å². The van der Waals surface area contributed by atoms with Crippen molar-refractivity contribution in [2.24, 2.45) is 0 Å². The molecule has 0 aromatic heterocycles. The number of nitrogens with one attached hydrogen (secondary N) is 2. The highest BCUT2D eigenvalue weighted by molar-refractivity contribution is 5.74. The molecule has 4 nitrogen and oxygen atoms in total. The molecule has 1 fully saturated rings. The lowest BCUT2D eigenvalue weighted by molar-refractivity contribution is 0.0860. The minimum Gasteiger partial charge on any atom is -0.376 e. The molecule has 2 aliphatic rings. The normalized spacial score (nSPS) is 24.7. The molecule has 2 N–H and O–H groups in total. The van der Waals surface area contributed by atoms with Crippen molar-refractivity contribution in [3.63, 3.8) is 0 Å². The summed E-state index contributed by atoms with van der Waals surface area (Å²) in [5.41, 5.74) is 1.49. The first-order valence-corrected chi connectivity index (χ1v) is 7.09. The number of rotatable bonds is 5. The van der Waals surface area contributed by atoms with Crippen LogP contribution in [0.25, 0.3) is 0 Å². The average molecular weight is 252 g/mol. The smallest absolute Gasteiger partial charge is 0.315 e. The molecule has 0 aromatic rings. The maximum atomic E-state index is 11.7. The van der Waals surface area contributed by atoms with Crippen LogP contribution in [0.4, 0.5) is 4.79 Å². The largest absolute Gasteiger partial charge is 0.376 e. The van der Waals surface area contributed by atoms with Gasteiger partial charge in [0.05, 0.1) is 12.1 Å². The predicted octanol–water partition coefficient (Wildman–Crippen LogP) is 2.35. The van der Waals surface area contributed by atoms with Crippen LogP contribution in [0.3, 0.4) is 0 Å². The number of hydrogen-bond acceptors (Lipinski definition) is 2. The fraction of sp³-hybridized carbons (Fsp3) is 0.786. The van der Waals surface area contributed by atoms with Gasteiger partial charge in [0.2, 0.25) is 0 Å². The Morgan fingerprint density at radius 2 is 2.44 bits per heavy atom. The second-order valence-corrected chi connectivity index (χ2v) is 5.24. The van der Waals surface area contributed by atoms with E-state index < -0.39 is 0 Å². The van der Waals surface area contributed by atoms with Crippen LogP contribution in [0.1, 0.15) is 45.4 Å². The van der Waals surface area contributed by atoms with E-state index >= 15 is 0 Å². The van der Waals surface area contributed by atoms with Crippen LogP contribution in [0.2, 0.25) is 0 Å². The minimum absolute atomic E-state index is 0.0726. The van der Waals surface area contributed by atoms with Crippen molar-refractivity contribution in [3.05, 3.63) is 11.6 Å². The number of carbonyl (C=O) groups excluding carboxylic acids is 1. The molecule has 0 spiro atoms. The number of ether oxygens (including phenoxy) is 1. The summed E-state index contributed by atoms with van der Waals surface area (Å²) >= 11 is 0. The molecule has 0 bridgehead atoms. The van der Waals surface area contributed by atoms with Gasteiger partial charge in [0.25, 0.3) is 0 Å². The average Bonchev–Trinajstić information content (AvgIpc) is 3.02. The molecule has 2 amide bonds. The van der Waals surface area contributed by atoms with E-state index in [2.05, 4.69) is 16.7 Å². The van der Waals surface area contributed by atoms with Crippen LogP contribution in [0.15, 0.2) is 11.6 Å². The number of urea groups is 1. The van der Waals surface area contributed by atoms with Gasteiger partial charge in [0, 0.05) is 13.2 Å². The molecule has 2 atom stereocenters. The zero-order valence-corrected chi connectivity index (χ0v) is 11.2. The Kier molecular flexibility index (Phi) is 5.05. The second-order valence-electron chi connectivity index (χ2n) is 5.24. The van der Waals surface area contributed by atoms with Gasteiger partial charge < -0.3 is 15.4 Å². The topological polar surface area (TPSA) is 50.4 Å². The maximum Gasteiger partial charge on any atom is 0.315 e. The number of carbonyl (C=O) groups is 1. The van der Waals surface area contributed by atoms with Gasteiger partial charge in [-0.25, -0.2) is 4.79 Å². The molecule has 0 saturated carbocycles. The molecule has 2 unspecified atom stereocenters. The van der Waals surface area contributed by atoms with Crippen molar-refractivity contribution in [2.45, 2.75) is 57.6 Å². The quantitative estimate of drug-likeness (QED) is 0.738. The molecule has 0 radical (unpaired) electrons. The van der Waals surface area contributed by atoms with E-state index in [1.165, 1.54) is 24.8 Å². The lowest BCUT2D eigenvalue weighted by Crippen LogP contribution is -2.46. The molecule has 1 aliphatic heterocycles. The lowest BCUT2D eigenvalue weighted by Gasteiger charge is -2.20. The van der Waals surface area contributed by atoms with Crippen LogP contribution >= 0.6 is 0 Å². The SMILES string of the molecule is CC(NC(=O)NCCC1=CCCC1)C1CCCO1. The number of amides is 2. The van der Waals surface area contributed by atoms with Crippen molar-refractivity contribution in [2.75, 3.05) is 13.2 Å². The molecule has 4 heteroatoms. The van der Waals surface area contributed by atoms with Gasteiger partial charge in [-0.15, -0.1) is 0 Å². The minimum atomic E-state index is -0.0726. The van der Waals surface area contributed by atoms with E-state index in [-0.39, 0.29) is 18.2 Å². The molecular weight excluding hydrogens is 228 g/mol. The fourth-order valence-corrected chi connectivity index (χ4v) is 2.65. The monoisotopic (exact) mass is 252 g/mol. The Bertz CT molecular complexity index is 309.